The highest BCUT2D eigenvalue weighted by Gasteiger charge is 2.18. The Morgan fingerprint density at radius 3 is 2.79 bits per heavy atom. The predicted molar refractivity (Wildman–Crippen MR) is 73.6 cm³/mol. The first kappa shape index (κ1) is 14.3. The fourth-order valence-electron chi connectivity index (χ4n) is 2.22. The predicted octanol–water partition coefficient (Wildman–Crippen LogP) is 2.75. The van der Waals surface area contributed by atoms with Crippen LogP contribution in [-0.4, -0.2) is 30.4 Å². The summed E-state index contributed by atoms with van der Waals surface area (Å²) in [4.78, 5) is 13.7. The Morgan fingerprint density at radius 1 is 1.47 bits per heavy atom. The maximum absolute atomic E-state index is 13.3. The summed E-state index contributed by atoms with van der Waals surface area (Å²) >= 11 is 5.64. The van der Waals surface area contributed by atoms with E-state index in [1.165, 1.54) is 12.1 Å². The second-order valence-corrected chi connectivity index (χ2v) is 5.27. The summed E-state index contributed by atoms with van der Waals surface area (Å²) in [6.07, 6.45) is 2.17. The molecule has 0 spiro atoms. The highest BCUT2D eigenvalue weighted by Crippen LogP contribution is 2.20. The Bertz CT molecular complexity index is 461. The van der Waals surface area contributed by atoms with E-state index in [2.05, 4.69) is 5.32 Å². The monoisotopic (exact) mass is 284 g/mol. The number of nitrogens with one attached hydrogen (secondary N) is 1. The molecule has 1 atom stereocenters. The molecule has 1 fully saturated rings. The third-order valence-electron chi connectivity index (χ3n) is 3.46. The second kappa shape index (κ2) is 6.35. The van der Waals surface area contributed by atoms with Gasteiger partial charge < -0.3 is 10.2 Å². The normalized spacial score (nSPS) is 16.7. The molecule has 0 saturated carbocycles. The van der Waals surface area contributed by atoms with Crippen molar-refractivity contribution < 1.29 is 9.18 Å². The molecule has 1 aromatic carbocycles. The summed E-state index contributed by atoms with van der Waals surface area (Å²) in [6.45, 7) is 3.89. The number of likely N-dealkylation sites (tertiary alicyclic amines) is 1. The maximum Gasteiger partial charge on any atom is 0.236 e. The average Bonchev–Trinajstić information content (AvgIpc) is 2.92. The topological polar surface area (TPSA) is 32.3 Å². The van der Waals surface area contributed by atoms with E-state index < -0.39 is 5.82 Å². The molecule has 1 aliphatic heterocycles. The molecule has 1 aromatic rings. The van der Waals surface area contributed by atoms with Crippen LogP contribution in [0, 0.1) is 5.82 Å². The van der Waals surface area contributed by atoms with E-state index in [0.29, 0.717) is 0 Å². The lowest BCUT2D eigenvalue weighted by molar-refractivity contribution is -0.129. The SMILES string of the molecule is CC(NCC(=O)N1CCCC1)c1ccc(Cl)c(F)c1. The molecular weight excluding hydrogens is 267 g/mol. The molecule has 0 bridgehead atoms. The number of carbonyl (C=O) groups excluding carboxylic acids is 1. The number of hydrogen-bond donors (Lipinski definition) is 1. The highest BCUT2D eigenvalue weighted by molar-refractivity contribution is 6.30. The fourth-order valence-corrected chi connectivity index (χ4v) is 2.34. The number of amides is 1. The Kier molecular flexibility index (Phi) is 4.77. The van der Waals surface area contributed by atoms with Crippen molar-refractivity contribution in [1.29, 1.82) is 0 Å². The van der Waals surface area contributed by atoms with Crippen LogP contribution >= 0.6 is 11.6 Å². The van der Waals surface area contributed by atoms with Crippen molar-refractivity contribution in [3.05, 3.63) is 34.6 Å². The molecule has 104 valence electrons. The van der Waals surface area contributed by atoms with Gasteiger partial charge in [0.1, 0.15) is 5.82 Å². The van der Waals surface area contributed by atoms with Crippen LogP contribution in [0.3, 0.4) is 0 Å². The molecule has 1 unspecified atom stereocenters. The molecule has 1 heterocycles. The van der Waals surface area contributed by atoms with Gasteiger partial charge in [0, 0.05) is 19.1 Å². The summed E-state index contributed by atoms with van der Waals surface area (Å²) in [5.74, 6) is -0.322. The van der Waals surface area contributed by atoms with Crippen molar-refractivity contribution in [1.82, 2.24) is 10.2 Å². The van der Waals surface area contributed by atoms with Gasteiger partial charge in [-0.15, -0.1) is 0 Å². The van der Waals surface area contributed by atoms with Gasteiger partial charge in [-0.25, -0.2) is 4.39 Å². The summed E-state index contributed by atoms with van der Waals surface area (Å²) in [5.41, 5.74) is 0.788. The minimum absolute atomic E-state index is 0.0849. The van der Waals surface area contributed by atoms with E-state index in [9.17, 15) is 9.18 Å². The quantitative estimate of drug-likeness (QED) is 0.922. The van der Waals surface area contributed by atoms with Gasteiger partial charge in [0.05, 0.1) is 11.6 Å². The van der Waals surface area contributed by atoms with Crippen LogP contribution < -0.4 is 5.32 Å². The van der Waals surface area contributed by atoms with Crippen molar-refractivity contribution in [2.75, 3.05) is 19.6 Å². The summed E-state index contributed by atoms with van der Waals surface area (Å²) in [6, 6.07) is 4.62. The van der Waals surface area contributed by atoms with Crippen LogP contribution in [0.2, 0.25) is 5.02 Å². The third kappa shape index (κ3) is 3.67. The lowest BCUT2D eigenvalue weighted by atomic mass is 10.1. The van der Waals surface area contributed by atoms with Gasteiger partial charge in [-0.1, -0.05) is 17.7 Å². The first-order valence-corrected chi connectivity index (χ1v) is 6.92. The van der Waals surface area contributed by atoms with Crippen LogP contribution in [0.1, 0.15) is 31.4 Å². The Hall–Kier alpha value is -1.13. The van der Waals surface area contributed by atoms with Crippen molar-refractivity contribution in [3.63, 3.8) is 0 Å². The molecule has 0 radical (unpaired) electrons. The van der Waals surface area contributed by atoms with Gasteiger partial charge in [-0.2, -0.15) is 0 Å². The molecule has 1 saturated heterocycles. The van der Waals surface area contributed by atoms with Crippen molar-refractivity contribution in [3.8, 4) is 0 Å². The smallest absolute Gasteiger partial charge is 0.236 e. The van der Waals surface area contributed by atoms with E-state index in [-0.39, 0.29) is 23.5 Å². The van der Waals surface area contributed by atoms with Crippen LogP contribution in [0.25, 0.3) is 0 Å². The number of nitrogens with zero attached hydrogens (tertiary/aromatic N) is 1. The minimum atomic E-state index is -0.432. The molecule has 0 aliphatic carbocycles. The lowest BCUT2D eigenvalue weighted by Crippen LogP contribution is -2.37. The van der Waals surface area contributed by atoms with Gasteiger partial charge in [0.15, 0.2) is 0 Å². The summed E-state index contributed by atoms with van der Waals surface area (Å²) < 4.78 is 13.3. The van der Waals surface area contributed by atoms with Gasteiger partial charge >= 0.3 is 0 Å². The molecule has 0 aromatic heterocycles. The zero-order chi connectivity index (χ0) is 13.8. The van der Waals surface area contributed by atoms with Crippen LogP contribution in [-0.2, 0) is 4.79 Å². The number of rotatable bonds is 4. The number of benzene rings is 1. The van der Waals surface area contributed by atoms with Gasteiger partial charge in [0.25, 0.3) is 0 Å². The lowest BCUT2D eigenvalue weighted by Gasteiger charge is -2.19. The van der Waals surface area contributed by atoms with Gasteiger partial charge in [-0.3, -0.25) is 4.79 Å². The van der Waals surface area contributed by atoms with Crippen molar-refractivity contribution in [2.24, 2.45) is 0 Å². The third-order valence-corrected chi connectivity index (χ3v) is 3.77. The first-order valence-electron chi connectivity index (χ1n) is 6.54. The van der Waals surface area contributed by atoms with E-state index in [0.717, 1.165) is 31.5 Å². The highest BCUT2D eigenvalue weighted by atomic mass is 35.5. The standard InChI is InChI=1S/C14H18ClFN2O/c1-10(11-4-5-12(15)13(16)8-11)17-9-14(19)18-6-2-3-7-18/h4-5,8,10,17H,2-3,6-7,9H2,1H3. The van der Waals surface area contributed by atoms with E-state index >= 15 is 0 Å². The van der Waals surface area contributed by atoms with E-state index in [4.69, 9.17) is 11.6 Å². The maximum atomic E-state index is 13.3. The Morgan fingerprint density at radius 2 is 2.16 bits per heavy atom. The molecule has 1 amide bonds. The van der Waals surface area contributed by atoms with E-state index in [1.807, 2.05) is 11.8 Å². The van der Waals surface area contributed by atoms with Crippen LogP contribution in [0.5, 0.6) is 0 Å². The molecule has 5 heteroatoms. The van der Waals surface area contributed by atoms with Crippen LogP contribution in [0.4, 0.5) is 4.39 Å². The molecule has 1 N–H and O–H groups in total. The van der Waals surface area contributed by atoms with Crippen molar-refractivity contribution >= 4 is 17.5 Å². The minimum Gasteiger partial charge on any atom is -0.342 e. The molecule has 19 heavy (non-hydrogen) atoms. The fraction of sp³-hybridized carbons (Fsp3) is 0.500. The van der Waals surface area contributed by atoms with Gasteiger partial charge in [-0.05, 0) is 37.5 Å². The molecule has 2 rings (SSSR count). The number of carbonyl (C=O) groups is 1. The Labute approximate surface area is 117 Å². The molecule has 3 nitrogen and oxygen atoms in total. The second-order valence-electron chi connectivity index (χ2n) is 4.86. The van der Waals surface area contributed by atoms with E-state index in [1.54, 1.807) is 6.07 Å². The summed E-state index contributed by atoms with van der Waals surface area (Å²) in [7, 11) is 0. The zero-order valence-corrected chi connectivity index (χ0v) is 11.7. The zero-order valence-electron chi connectivity index (χ0n) is 11.0. The molecular formula is C14H18ClFN2O. The van der Waals surface area contributed by atoms with Crippen LogP contribution in [0.15, 0.2) is 18.2 Å². The van der Waals surface area contributed by atoms with Crippen molar-refractivity contribution in [2.45, 2.75) is 25.8 Å². The average molecular weight is 285 g/mol. The first-order chi connectivity index (χ1) is 9.08. The summed E-state index contributed by atoms with van der Waals surface area (Å²) in [5, 5.41) is 3.24. The number of halogens is 2. The Balaban J connectivity index is 1.88. The largest absolute Gasteiger partial charge is 0.342 e. The number of hydrogen-bond acceptors (Lipinski definition) is 2. The van der Waals surface area contributed by atoms with Gasteiger partial charge in [0.2, 0.25) is 5.91 Å². The molecule has 1 aliphatic rings.